The molecular formula is C20H17N7O2. The topological polar surface area (TPSA) is 118 Å². The van der Waals surface area contributed by atoms with Crippen LogP contribution in [0.1, 0.15) is 24.1 Å². The number of nitrogens with zero attached hydrogens (tertiary/aromatic N) is 5. The number of amides is 1. The van der Waals surface area contributed by atoms with Gasteiger partial charge in [-0.25, -0.2) is 0 Å². The second kappa shape index (κ2) is 7.44. The number of tetrazole rings is 1. The Hall–Kier alpha value is -4.19. The van der Waals surface area contributed by atoms with Gasteiger partial charge in [-0.15, -0.1) is 0 Å². The summed E-state index contributed by atoms with van der Waals surface area (Å²) < 4.78 is 6.87. The minimum absolute atomic E-state index is 0.310. The van der Waals surface area contributed by atoms with Crippen LogP contribution in [0.15, 0.2) is 59.8 Å². The Bertz CT molecular complexity index is 1140. The molecule has 4 rings (SSSR count). The lowest BCUT2D eigenvalue weighted by Crippen LogP contribution is -2.31. The molecule has 3 aromatic rings. The normalized spacial score (nSPS) is 15.1. The smallest absolute Gasteiger partial charge is 0.255 e. The summed E-state index contributed by atoms with van der Waals surface area (Å²) in [6, 6.07) is 15.7. The van der Waals surface area contributed by atoms with Gasteiger partial charge in [-0.2, -0.15) is 9.94 Å². The zero-order valence-electron chi connectivity index (χ0n) is 15.7. The van der Waals surface area contributed by atoms with E-state index in [9.17, 15) is 4.79 Å². The van der Waals surface area contributed by atoms with Crippen molar-refractivity contribution in [2.24, 2.45) is 0 Å². The number of anilines is 2. The Morgan fingerprint density at radius 1 is 1.24 bits per heavy atom. The van der Waals surface area contributed by atoms with E-state index in [1.165, 1.54) is 0 Å². The molecule has 0 saturated heterocycles. The van der Waals surface area contributed by atoms with Crippen LogP contribution in [0.2, 0.25) is 0 Å². The third-order valence-corrected chi connectivity index (χ3v) is 4.67. The molecule has 144 valence electrons. The summed E-state index contributed by atoms with van der Waals surface area (Å²) >= 11 is 0. The van der Waals surface area contributed by atoms with Crippen LogP contribution in [0, 0.1) is 11.3 Å². The standard InChI is InChI=1S/C20H17N7O2/c1-12-17(19(28)23-15-5-3-4-6-16(15)29-2)18(27-20(22-12)24-25-26-27)14-9-7-13(11-21)8-10-14/h3-10,18H,1-2H3,(H,23,28)(H,22,24,26). The zero-order chi connectivity index (χ0) is 20.4. The van der Waals surface area contributed by atoms with Gasteiger partial charge in [-0.05, 0) is 47.2 Å². The van der Waals surface area contributed by atoms with E-state index in [2.05, 4.69) is 32.2 Å². The number of fused-ring (bicyclic) bond motifs is 1. The number of methoxy groups -OCH3 is 1. The van der Waals surface area contributed by atoms with Crippen molar-refractivity contribution in [2.75, 3.05) is 17.7 Å². The minimum Gasteiger partial charge on any atom is -0.495 e. The molecule has 0 aliphatic carbocycles. The third kappa shape index (κ3) is 3.27. The lowest BCUT2D eigenvalue weighted by Gasteiger charge is -2.28. The van der Waals surface area contributed by atoms with Crippen molar-refractivity contribution in [3.63, 3.8) is 0 Å². The van der Waals surface area contributed by atoms with Crippen LogP contribution in [0.5, 0.6) is 5.75 Å². The van der Waals surface area contributed by atoms with E-state index in [1.807, 2.05) is 12.1 Å². The first kappa shape index (κ1) is 18.2. The van der Waals surface area contributed by atoms with Crippen LogP contribution in [-0.4, -0.2) is 33.2 Å². The summed E-state index contributed by atoms with van der Waals surface area (Å²) in [5, 5.41) is 26.8. The summed E-state index contributed by atoms with van der Waals surface area (Å²) in [5.74, 6) is 0.682. The highest BCUT2D eigenvalue weighted by atomic mass is 16.5. The first-order valence-corrected chi connectivity index (χ1v) is 8.82. The summed E-state index contributed by atoms with van der Waals surface area (Å²) in [7, 11) is 1.55. The summed E-state index contributed by atoms with van der Waals surface area (Å²) in [5.41, 5.74) is 2.96. The predicted molar refractivity (Wildman–Crippen MR) is 105 cm³/mol. The molecule has 2 heterocycles. The highest BCUT2D eigenvalue weighted by Gasteiger charge is 2.34. The van der Waals surface area contributed by atoms with Gasteiger partial charge in [-0.1, -0.05) is 29.4 Å². The van der Waals surface area contributed by atoms with Gasteiger partial charge in [-0.3, -0.25) is 4.79 Å². The Labute approximate surface area is 166 Å². The molecule has 0 fully saturated rings. The van der Waals surface area contributed by atoms with Crippen molar-refractivity contribution >= 4 is 17.5 Å². The second-order valence-electron chi connectivity index (χ2n) is 6.40. The summed E-state index contributed by atoms with van der Waals surface area (Å²) in [6.45, 7) is 1.80. The Kier molecular flexibility index (Phi) is 4.66. The lowest BCUT2D eigenvalue weighted by molar-refractivity contribution is -0.113. The molecule has 1 amide bonds. The summed E-state index contributed by atoms with van der Waals surface area (Å²) in [4.78, 5) is 13.3. The lowest BCUT2D eigenvalue weighted by atomic mass is 9.94. The quantitative estimate of drug-likeness (QED) is 0.706. The van der Waals surface area contributed by atoms with E-state index in [4.69, 9.17) is 10.00 Å². The molecule has 0 spiro atoms. The number of hydrogen-bond acceptors (Lipinski definition) is 7. The van der Waals surface area contributed by atoms with Gasteiger partial charge in [0.15, 0.2) is 0 Å². The van der Waals surface area contributed by atoms with Crippen LogP contribution in [0.4, 0.5) is 11.6 Å². The maximum Gasteiger partial charge on any atom is 0.255 e. The van der Waals surface area contributed by atoms with Crippen LogP contribution in [0.25, 0.3) is 0 Å². The third-order valence-electron chi connectivity index (χ3n) is 4.67. The largest absolute Gasteiger partial charge is 0.495 e. The van der Waals surface area contributed by atoms with Gasteiger partial charge in [0.25, 0.3) is 5.91 Å². The number of rotatable bonds is 4. The van der Waals surface area contributed by atoms with Gasteiger partial charge < -0.3 is 15.4 Å². The molecule has 1 unspecified atom stereocenters. The van der Waals surface area contributed by atoms with Gasteiger partial charge in [0.1, 0.15) is 11.8 Å². The first-order chi connectivity index (χ1) is 14.1. The van der Waals surface area contributed by atoms with Gasteiger partial charge in [0.2, 0.25) is 5.95 Å². The van der Waals surface area contributed by atoms with Crippen molar-refractivity contribution < 1.29 is 9.53 Å². The Morgan fingerprint density at radius 3 is 2.72 bits per heavy atom. The van der Waals surface area contributed by atoms with E-state index in [1.54, 1.807) is 55.1 Å². The fourth-order valence-electron chi connectivity index (χ4n) is 3.29. The molecule has 29 heavy (non-hydrogen) atoms. The molecule has 9 heteroatoms. The van der Waals surface area contributed by atoms with Gasteiger partial charge in [0.05, 0.1) is 30.0 Å². The van der Waals surface area contributed by atoms with Crippen molar-refractivity contribution in [2.45, 2.75) is 13.0 Å². The van der Waals surface area contributed by atoms with Crippen LogP contribution in [-0.2, 0) is 4.79 Å². The van der Waals surface area contributed by atoms with Crippen LogP contribution in [0.3, 0.4) is 0 Å². The van der Waals surface area contributed by atoms with E-state index in [0.717, 1.165) is 5.56 Å². The first-order valence-electron chi connectivity index (χ1n) is 8.82. The van der Waals surface area contributed by atoms with E-state index in [-0.39, 0.29) is 5.91 Å². The molecule has 1 atom stereocenters. The number of benzene rings is 2. The minimum atomic E-state index is -0.552. The molecule has 1 aliphatic rings. The maximum absolute atomic E-state index is 13.3. The highest BCUT2D eigenvalue weighted by Crippen LogP contribution is 2.35. The van der Waals surface area contributed by atoms with Gasteiger partial charge in [0, 0.05) is 5.70 Å². The van der Waals surface area contributed by atoms with Crippen molar-refractivity contribution in [3.8, 4) is 11.8 Å². The number of aromatic nitrogens is 4. The molecule has 0 saturated carbocycles. The van der Waals surface area contributed by atoms with Crippen LogP contribution < -0.4 is 15.4 Å². The fourth-order valence-corrected chi connectivity index (χ4v) is 3.29. The van der Waals surface area contributed by atoms with E-state index in [0.29, 0.717) is 34.2 Å². The van der Waals surface area contributed by atoms with Crippen molar-refractivity contribution in [1.82, 2.24) is 20.2 Å². The average molecular weight is 387 g/mol. The molecule has 1 aliphatic heterocycles. The SMILES string of the molecule is COc1ccccc1NC(=O)C1=C(C)Nc2nnnn2C1c1ccc(C#N)cc1. The Morgan fingerprint density at radius 2 is 2.00 bits per heavy atom. The molecule has 1 aromatic heterocycles. The maximum atomic E-state index is 13.3. The fraction of sp³-hybridized carbons (Fsp3) is 0.150. The molecule has 0 radical (unpaired) electrons. The van der Waals surface area contributed by atoms with Gasteiger partial charge >= 0.3 is 0 Å². The number of carbonyl (C=O) groups excluding carboxylic acids is 1. The monoisotopic (exact) mass is 387 g/mol. The zero-order valence-corrected chi connectivity index (χ0v) is 15.7. The molecular weight excluding hydrogens is 370 g/mol. The molecule has 0 bridgehead atoms. The number of para-hydroxylation sites is 2. The number of nitrogens with one attached hydrogen (secondary N) is 2. The highest BCUT2D eigenvalue weighted by molar-refractivity contribution is 6.06. The summed E-state index contributed by atoms with van der Waals surface area (Å²) in [6.07, 6.45) is 0. The number of hydrogen-bond donors (Lipinski definition) is 2. The second-order valence-corrected chi connectivity index (χ2v) is 6.40. The van der Waals surface area contributed by atoms with E-state index >= 15 is 0 Å². The number of allylic oxidation sites excluding steroid dienone is 1. The molecule has 2 aromatic carbocycles. The number of carbonyl (C=O) groups is 1. The predicted octanol–water partition coefficient (Wildman–Crippen LogP) is 2.48. The average Bonchev–Trinajstić information content (AvgIpc) is 3.21. The van der Waals surface area contributed by atoms with Crippen LogP contribution >= 0.6 is 0 Å². The number of ether oxygens (including phenoxy) is 1. The number of nitriles is 1. The molecule has 2 N–H and O–H groups in total. The van der Waals surface area contributed by atoms with Crippen molar-refractivity contribution in [3.05, 3.63) is 70.9 Å². The molecule has 9 nitrogen and oxygen atoms in total. The van der Waals surface area contributed by atoms with E-state index < -0.39 is 6.04 Å². The van der Waals surface area contributed by atoms with Crippen molar-refractivity contribution in [1.29, 1.82) is 5.26 Å². The Balaban J connectivity index is 1.76.